The maximum atomic E-state index is 15.5. The van der Waals surface area contributed by atoms with Gasteiger partial charge in [0, 0.05) is 146 Å². The summed E-state index contributed by atoms with van der Waals surface area (Å²) in [7, 11) is 0. The van der Waals surface area contributed by atoms with Gasteiger partial charge >= 0.3 is 0 Å². The van der Waals surface area contributed by atoms with Crippen molar-refractivity contribution in [3.8, 4) is 121 Å². The first-order chi connectivity index (χ1) is 62.4. The van der Waals surface area contributed by atoms with Crippen LogP contribution in [-0.4, -0.2) is 0 Å². The first-order valence-electron chi connectivity index (χ1n) is 40.6. The molecule has 0 bridgehead atoms. The number of halogens is 18. The van der Waals surface area contributed by atoms with Crippen molar-refractivity contribution in [3.63, 3.8) is 0 Å². The van der Waals surface area contributed by atoms with Crippen LogP contribution in [0.3, 0.4) is 0 Å². The predicted octanol–water partition coefficient (Wildman–Crippen LogP) is 42.2. The van der Waals surface area contributed by atoms with Crippen molar-refractivity contribution >= 4 is 258 Å². The zero-order valence-corrected chi connectivity index (χ0v) is 92.6. The molecule has 0 N–H and O–H groups in total. The number of thiophene rings is 12. The SMILES string of the molecule is C.C.C.CC1(C)c2ccsc2-c2sc(-c3cc(F)c(-c4cc5c(s4)-c4sccc4C5(C)C)c(F)c3)cc21.CC1(C)c2ccsc2-c2sc(-c3cc(F)c(-c4cc5c(s4)-c4sccc4C5(C)C)cc3F)cc21.CC1(C)c2ccsc2-c2sc(-c3ccc(-c4cc5c(s4)-c4sccc4C5(C)C)c(F)c3F)cc21.Fc1c(I)ccc(I)c1F.Fc1cc(Br)c(F)cc1Br.Fc1cc(I)cc(F)c1I. The second-order valence-electron chi connectivity index (χ2n) is 35.3. The predicted molar refractivity (Wildman–Crippen MR) is 597 cm³/mol. The van der Waals surface area contributed by atoms with E-state index < -0.39 is 58.2 Å². The molecular formula is C105H78Br2F12I4S12. The molecule has 0 radical (unpaired) electrons. The quantitative estimate of drug-likeness (QED) is 0.0674. The Morgan fingerprint density at radius 1 is 0.230 bits per heavy atom. The second-order valence-corrected chi connectivity index (χ2v) is 53.5. The molecule has 6 aliphatic rings. The van der Waals surface area contributed by atoms with E-state index >= 15 is 26.3 Å². The maximum absolute atomic E-state index is 15.5. The molecule has 0 saturated carbocycles. The van der Waals surface area contributed by atoms with Gasteiger partial charge in [0.1, 0.15) is 46.5 Å². The van der Waals surface area contributed by atoms with Gasteiger partial charge < -0.3 is 0 Å². The lowest BCUT2D eigenvalue weighted by molar-refractivity contribution is 0.499. The zero-order chi connectivity index (χ0) is 93.9. The standard InChI is InChI=1S/3C28H20F2S4.C6H2Br2F2.2C6H2F2I2.3CH4/c1-27(2)15-5-7-31-23(15)25-17(27)11-21(33-25)13-9-20(30)14(10-19(13)29)22-12-18-26(34-22)24-16(6-8-32-24)28(18,3)4;1-27(2)14-5-7-31-23(14)25-16(27)11-20(33-25)13-9-18(29)22(19(30)10-13)21-12-17-26(34-21)24-15(6-8-32-24)28(17,3)4;1-27(2)15-7-9-31-23(15)25-17(27)11-19(33-25)13-5-6-14(22(30)21(13)29)20-12-18-26(34-20)24-16(8-10-32-24)28(18,3)4;7-3-1-5(9)4(8)2-6(3)10;7-4-1-3(9)2-5(8)6(4)10;7-5-3(9)1-2-4(10)6(5)8;;;/h3*5-12H,1-4H3;3*1-2H;3*1H4. The fraction of sp³-hybridized carbons (Fsp3) is 0.200. The van der Waals surface area contributed by atoms with E-state index in [0.29, 0.717) is 43.4 Å². The van der Waals surface area contributed by atoms with Crippen molar-refractivity contribution in [2.45, 2.75) is 138 Å². The monoisotopic (exact) mass is 2620 g/mol. The molecule has 0 saturated heterocycles. The first kappa shape index (κ1) is 103. The van der Waals surface area contributed by atoms with Crippen LogP contribution in [0.5, 0.6) is 0 Å². The lowest BCUT2D eigenvalue weighted by atomic mass is 9.84. The van der Waals surface area contributed by atoms with Crippen LogP contribution in [0, 0.1) is 84.1 Å². The fourth-order valence-corrected chi connectivity index (χ4v) is 35.7. The Labute approximate surface area is 896 Å². The molecule has 0 nitrogen and oxygen atoms in total. The molecule has 12 heterocycles. The number of fused-ring (bicyclic) bond motifs is 18. The topological polar surface area (TPSA) is 0 Å². The van der Waals surface area contributed by atoms with Crippen molar-refractivity contribution < 1.29 is 52.7 Å². The summed E-state index contributed by atoms with van der Waals surface area (Å²) >= 11 is 32.4. The third-order valence-corrected chi connectivity index (χ3v) is 43.4. The summed E-state index contributed by atoms with van der Waals surface area (Å²) in [6, 6.07) is 42.6. The van der Waals surface area contributed by atoms with Gasteiger partial charge in [0.25, 0.3) is 0 Å². The minimum atomic E-state index is -0.758. The highest BCUT2D eigenvalue weighted by Crippen LogP contribution is 2.64. The van der Waals surface area contributed by atoms with Crippen molar-refractivity contribution in [2.75, 3.05) is 0 Å². The summed E-state index contributed by atoms with van der Waals surface area (Å²) in [5.74, 6) is -6.71. The zero-order valence-electron chi connectivity index (χ0n) is 71.0. The largest absolute Gasteiger partial charge is 0.206 e. The van der Waals surface area contributed by atoms with Crippen LogP contribution >= 0.6 is 258 Å². The number of hydrogen-bond donors (Lipinski definition) is 0. The van der Waals surface area contributed by atoms with E-state index in [9.17, 15) is 26.3 Å². The third-order valence-electron chi connectivity index (χ3n) is 25.4. The summed E-state index contributed by atoms with van der Waals surface area (Å²) in [4.78, 5) is 19.5. The molecule has 696 valence electrons. The van der Waals surface area contributed by atoms with Gasteiger partial charge in [-0.3, -0.25) is 0 Å². The molecule has 0 unspecified atom stereocenters. The van der Waals surface area contributed by atoms with Crippen molar-refractivity contribution in [1.29, 1.82) is 0 Å². The molecule has 0 fully saturated rings. The smallest absolute Gasteiger partial charge is 0.173 e. The number of benzene rings is 6. The normalized spacial score (nSPS) is 14.6. The molecule has 0 amide bonds. The molecule has 12 aromatic heterocycles. The van der Waals surface area contributed by atoms with E-state index in [1.54, 1.807) is 217 Å². The number of hydrogen-bond acceptors (Lipinski definition) is 12. The lowest BCUT2D eigenvalue weighted by Crippen LogP contribution is -2.13. The van der Waals surface area contributed by atoms with Crippen LogP contribution in [-0.2, 0) is 32.5 Å². The van der Waals surface area contributed by atoms with Crippen molar-refractivity contribution in [3.05, 3.63) is 338 Å². The average molecular weight is 2620 g/mol. The molecule has 30 heteroatoms. The minimum absolute atomic E-state index is 0. The summed E-state index contributed by atoms with van der Waals surface area (Å²) in [5.41, 5.74) is 16.6. The Kier molecular flexibility index (Phi) is 29.0. The Hall–Kier alpha value is -5.24. The fourth-order valence-electron chi connectivity index (χ4n) is 18.0. The Balaban J connectivity index is 0.000000126. The van der Waals surface area contributed by atoms with Gasteiger partial charge in [-0.2, -0.15) is 0 Å². The van der Waals surface area contributed by atoms with Crippen LogP contribution in [0.15, 0.2) is 187 Å². The van der Waals surface area contributed by atoms with E-state index in [0.717, 1.165) is 41.4 Å². The highest BCUT2D eigenvalue weighted by molar-refractivity contribution is 14.1. The minimum Gasteiger partial charge on any atom is -0.206 e. The molecule has 0 aliphatic heterocycles. The third kappa shape index (κ3) is 17.4. The van der Waals surface area contributed by atoms with Gasteiger partial charge in [0.15, 0.2) is 23.3 Å². The van der Waals surface area contributed by atoms with Crippen LogP contribution in [0.4, 0.5) is 52.7 Å². The van der Waals surface area contributed by atoms with Crippen LogP contribution < -0.4 is 0 Å². The molecule has 6 aliphatic carbocycles. The van der Waals surface area contributed by atoms with Crippen LogP contribution in [0.25, 0.3) is 121 Å². The molecule has 24 rings (SSSR count). The molecule has 135 heavy (non-hydrogen) atoms. The van der Waals surface area contributed by atoms with E-state index in [-0.39, 0.29) is 84.5 Å². The molecule has 0 spiro atoms. The molecule has 18 aromatic rings. The van der Waals surface area contributed by atoms with E-state index in [2.05, 4.69) is 214 Å². The highest BCUT2D eigenvalue weighted by atomic mass is 127. The Bertz CT molecular complexity index is 7210. The first-order valence-corrected chi connectivity index (χ1v) is 56.7. The lowest BCUT2D eigenvalue weighted by Gasteiger charge is -2.19. The van der Waals surface area contributed by atoms with Crippen LogP contribution in [0.2, 0.25) is 0 Å². The summed E-state index contributed by atoms with van der Waals surface area (Å²) in [6.45, 7) is 26.5. The van der Waals surface area contributed by atoms with E-state index in [1.807, 2.05) is 28.7 Å². The van der Waals surface area contributed by atoms with Gasteiger partial charge in [-0.25, -0.2) is 52.7 Å². The van der Waals surface area contributed by atoms with Crippen molar-refractivity contribution in [1.82, 2.24) is 0 Å². The summed E-state index contributed by atoms with van der Waals surface area (Å²) < 4.78 is 170. The molecule has 0 atom stereocenters. The highest BCUT2D eigenvalue weighted by Gasteiger charge is 2.46. The molecule has 6 aromatic carbocycles. The maximum Gasteiger partial charge on any atom is 0.173 e. The van der Waals surface area contributed by atoms with Gasteiger partial charge in [-0.05, 0) is 372 Å². The van der Waals surface area contributed by atoms with Gasteiger partial charge in [0.05, 0.1) is 25.2 Å². The second kappa shape index (κ2) is 38.1. The van der Waals surface area contributed by atoms with Gasteiger partial charge in [-0.1, -0.05) is 105 Å². The number of rotatable bonds is 6. The average Bonchev–Trinajstić information content (AvgIpc) is 1.58. The van der Waals surface area contributed by atoms with Crippen molar-refractivity contribution in [2.24, 2.45) is 0 Å². The van der Waals surface area contributed by atoms with Gasteiger partial charge in [-0.15, -0.1) is 136 Å². The molecular weight excluding hydrogens is 2540 g/mol. The van der Waals surface area contributed by atoms with E-state index in [4.69, 9.17) is 0 Å². The Morgan fingerprint density at radius 2 is 0.474 bits per heavy atom. The summed E-state index contributed by atoms with van der Waals surface area (Å²) in [6.07, 6.45) is 0. The van der Waals surface area contributed by atoms with Gasteiger partial charge in [0.2, 0.25) is 0 Å². The Morgan fingerprint density at radius 3 is 0.756 bits per heavy atom. The summed E-state index contributed by atoms with van der Waals surface area (Å²) in [5, 5.41) is 12.7. The van der Waals surface area contributed by atoms with Crippen LogP contribution in [0.1, 0.15) is 172 Å². The van der Waals surface area contributed by atoms with E-state index in [1.165, 1.54) is 168 Å².